The molecule has 7 fully saturated rings. The first kappa shape index (κ1) is 9.60. The first-order valence-corrected chi connectivity index (χ1v) is 8.52. The maximum absolute atomic E-state index is 6.83. The second-order valence-corrected chi connectivity index (χ2v) is 9.12. The average Bonchev–Trinajstić information content (AvgIpc) is 3.14. The molecule has 6 unspecified atom stereocenters. The SMILES string of the molecule is CC12C=CC(C)(O1)C13C4CCC5C4C4C(CCC41)C523. The molecule has 0 aromatic rings. The number of fused-ring (bicyclic) bond motifs is 2. The van der Waals surface area contributed by atoms with E-state index in [0.717, 1.165) is 35.5 Å². The van der Waals surface area contributed by atoms with Crippen LogP contribution >= 0.6 is 0 Å². The summed E-state index contributed by atoms with van der Waals surface area (Å²) in [4.78, 5) is 0. The predicted octanol–water partition coefficient (Wildman–Crippen LogP) is 3.40. The molecule has 2 heterocycles. The Morgan fingerprint density at radius 2 is 1.11 bits per heavy atom. The molecule has 2 spiro atoms. The van der Waals surface area contributed by atoms with Crippen LogP contribution in [0.5, 0.6) is 0 Å². The highest BCUT2D eigenvalue weighted by atomic mass is 16.5. The van der Waals surface area contributed by atoms with Gasteiger partial charge in [0, 0.05) is 10.8 Å². The Bertz CT molecular complexity index is 516. The van der Waals surface area contributed by atoms with Crippen molar-refractivity contribution in [3.8, 4) is 0 Å². The molecule has 6 atom stereocenters. The second kappa shape index (κ2) is 2.08. The third kappa shape index (κ3) is 0.497. The van der Waals surface area contributed by atoms with E-state index in [9.17, 15) is 0 Å². The molecule has 2 aliphatic heterocycles. The lowest BCUT2D eigenvalue weighted by Crippen LogP contribution is -2.61. The van der Waals surface area contributed by atoms with Gasteiger partial charge in [-0.2, -0.15) is 0 Å². The quantitative estimate of drug-likeness (QED) is 0.602. The Morgan fingerprint density at radius 1 is 0.737 bits per heavy atom. The molecule has 0 radical (unpaired) electrons. The Kier molecular flexibility index (Phi) is 1.05. The zero-order valence-electron chi connectivity index (χ0n) is 11.9. The van der Waals surface area contributed by atoms with Crippen molar-refractivity contribution >= 4 is 0 Å². The Hall–Kier alpha value is -0.300. The summed E-state index contributed by atoms with van der Waals surface area (Å²) in [7, 11) is 0. The van der Waals surface area contributed by atoms with Crippen LogP contribution in [0.1, 0.15) is 39.5 Å². The lowest BCUT2D eigenvalue weighted by atomic mass is 9.41. The largest absolute Gasteiger partial charge is 0.360 e. The van der Waals surface area contributed by atoms with Crippen molar-refractivity contribution in [3.63, 3.8) is 0 Å². The molecule has 8 rings (SSSR count). The first-order valence-electron chi connectivity index (χ1n) is 8.52. The maximum Gasteiger partial charge on any atom is 0.0915 e. The highest BCUT2D eigenvalue weighted by Crippen LogP contribution is 2.99. The van der Waals surface area contributed by atoms with Gasteiger partial charge in [-0.05, 0) is 75.0 Å². The van der Waals surface area contributed by atoms with Crippen molar-refractivity contribution in [2.45, 2.75) is 50.7 Å². The maximum atomic E-state index is 6.83. The highest BCUT2D eigenvalue weighted by Gasteiger charge is 2.99. The van der Waals surface area contributed by atoms with Gasteiger partial charge in [-0.1, -0.05) is 12.2 Å². The fourth-order valence-corrected chi connectivity index (χ4v) is 10.6. The first-order chi connectivity index (χ1) is 9.12. The summed E-state index contributed by atoms with van der Waals surface area (Å²) in [6, 6.07) is 0. The zero-order valence-corrected chi connectivity index (χ0v) is 11.9. The molecule has 1 saturated heterocycles. The van der Waals surface area contributed by atoms with E-state index in [1.165, 1.54) is 25.7 Å². The van der Waals surface area contributed by atoms with Gasteiger partial charge in [0.1, 0.15) is 0 Å². The van der Waals surface area contributed by atoms with Gasteiger partial charge >= 0.3 is 0 Å². The summed E-state index contributed by atoms with van der Waals surface area (Å²) in [5.41, 5.74) is 1.33. The third-order valence-corrected chi connectivity index (χ3v) is 9.69. The number of hydrogen-bond donors (Lipinski definition) is 0. The van der Waals surface area contributed by atoms with Crippen molar-refractivity contribution in [3.05, 3.63) is 12.2 Å². The van der Waals surface area contributed by atoms with E-state index < -0.39 is 0 Å². The normalized spacial score (nSPS) is 82.8. The van der Waals surface area contributed by atoms with Crippen LogP contribution in [-0.4, -0.2) is 11.2 Å². The molecule has 1 nitrogen and oxygen atoms in total. The minimum atomic E-state index is 0.0917. The lowest BCUT2D eigenvalue weighted by Gasteiger charge is -2.59. The minimum absolute atomic E-state index is 0.0917. The van der Waals surface area contributed by atoms with Gasteiger partial charge in [0.25, 0.3) is 0 Å². The average molecular weight is 254 g/mol. The molecule has 0 N–H and O–H groups in total. The molecular weight excluding hydrogens is 232 g/mol. The van der Waals surface area contributed by atoms with Crippen molar-refractivity contribution in [2.24, 2.45) is 46.3 Å². The molecule has 10 bridgehead atoms. The number of hydrogen-bond acceptors (Lipinski definition) is 1. The monoisotopic (exact) mass is 254 g/mol. The van der Waals surface area contributed by atoms with Crippen LogP contribution in [0.25, 0.3) is 0 Å². The van der Waals surface area contributed by atoms with Crippen molar-refractivity contribution in [2.75, 3.05) is 0 Å². The van der Waals surface area contributed by atoms with Crippen molar-refractivity contribution in [1.29, 1.82) is 0 Å². The lowest BCUT2D eigenvalue weighted by molar-refractivity contribution is -0.0936. The van der Waals surface area contributed by atoms with Crippen LogP contribution in [0.4, 0.5) is 0 Å². The summed E-state index contributed by atoms with van der Waals surface area (Å²) >= 11 is 0. The summed E-state index contributed by atoms with van der Waals surface area (Å²) in [5, 5.41) is 0. The molecule has 8 aliphatic rings. The van der Waals surface area contributed by atoms with E-state index in [1.807, 2.05) is 0 Å². The molecule has 6 saturated carbocycles. The third-order valence-electron chi connectivity index (χ3n) is 9.69. The second-order valence-electron chi connectivity index (χ2n) is 9.12. The molecule has 100 valence electrons. The number of ether oxygens (including phenoxy) is 1. The molecule has 1 heteroatoms. The van der Waals surface area contributed by atoms with Crippen LogP contribution in [0.15, 0.2) is 12.2 Å². The van der Waals surface area contributed by atoms with Crippen LogP contribution in [0.2, 0.25) is 0 Å². The standard InChI is InChI=1S/C18H22O/c1-15-7-8-16(2,19-15)18-11-5-3-9-13(11)14-10(17(9,15)18)4-6-12(14)18/h7-14H,3-6H2,1-2H3. The topological polar surface area (TPSA) is 9.23 Å². The summed E-state index contributed by atoms with van der Waals surface area (Å²) in [6.45, 7) is 4.91. The summed E-state index contributed by atoms with van der Waals surface area (Å²) < 4.78 is 6.83. The van der Waals surface area contributed by atoms with Gasteiger partial charge in [-0.3, -0.25) is 0 Å². The molecule has 19 heavy (non-hydrogen) atoms. The minimum Gasteiger partial charge on any atom is -0.360 e. The van der Waals surface area contributed by atoms with Gasteiger partial charge in [0.2, 0.25) is 0 Å². The van der Waals surface area contributed by atoms with Crippen LogP contribution < -0.4 is 0 Å². The fourth-order valence-electron chi connectivity index (χ4n) is 10.6. The van der Waals surface area contributed by atoms with Gasteiger partial charge < -0.3 is 4.74 Å². The van der Waals surface area contributed by atoms with Gasteiger partial charge in [0.15, 0.2) is 0 Å². The molecule has 0 amide bonds. The smallest absolute Gasteiger partial charge is 0.0915 e. The van der Waals surface area contributed by atoms with Gasteiger partial charge in [-0.25, -0.2) is 0 Å². The van der Waals surface area contributed by atoms with E-state index in [2.05, 4.69) is 26.0 Å². The van der Waals surface area contributed by atoms with Crippen LogP contribution in [-0.2, 0) is 4.74 Å². The summed E-state index contributed by atoms with van der Waals surface area (Å²) in [5.74, 6) is 6.34. The molecular formula is C18H22O. The Labute approximate surface area is 114 Å². The fraction of sp³-hybridized carbons (Fsp3) is 0.889. The van der Waals surface area contributed by atoms with E-state index >= 15 is 0 Å². The van der Waals surface area contributed by atoms with Crippen LogP contribution in [0, 0.1) is 46.3 Å². The Morgan fingerprint density at radius 3 is 1.47 bits per heavy atom. The van der Waals surface area contributed by atoms with E-state index in [4.69, 9.17) is 4.74 Å². The van der Waals surface area contributed by atoms with Gasteiger partial charge in [0.05, 0.1) is 11.2 Å². The van der Waals surface area contributed by atoms with Crippen molar-refractivity contribution < 1.29 is 4.74 Å². The van der Waals surface area contributed by atoms with E-state index in [-0.39, 0.29) is 11.2 Å². The van der Waals surface area contributed by atoms with E-state index in [1.54, 1.807) is 0 Å². The molecule has 0 aromatic carbocycles. The van der Waals surface area contributed by atoms with Gasteiger partial charge in [-0.15, -0.1) is 0 Å². The predicted molar refractivity (Wildman–Crippen MR) is 71.3 cm³/mol. The number of rotatable bonds is 0. The van der Waals surface area contributed by atoms with Crippen molar-refractivity contribution in [1.82, 2.24) is 0 Å². The summed E-state index contributed by atoms with van der Waals surface area (Å²) in [6.07, 6.45) is 11.1. The zero-order chi connectivity index (χ0) is 12.4. The Balaban J connectivity index is 1.71. The molecule has 0 aromatic heterocycles. The molecule has 6 aliphatic carbocycles. The van der Waals surface area contributed by atoms with E-state index in [0.29, 0.717) is 10.8 Å². The van der Waals surface area contributed by atoms with Crippen LogP contribution in [0.3, 0.4) is 0 Å². The highest BCUT2D eigenvalue weighted by molar-refractivity contribution is 5.52.